The van der Waals surface area contributed by atoms with Gasteiger partial charge in [-0.1, -0.05) is 11.6 Å². The van der Waals surface area contributed by atoms with Gasteiger partial charge in [0.1, 0.15) is 5.82 Å². The molecule has 0 aliphatic heterocycles. The third-order valence-corrected chi connectivity index (χ3v) is 3.38. The van der Waals surface area contributed by atoms with Crippen LogP contribution in [0.25, 0.3) is 0 Å². The molecule has 4 nitrogen and oxygen atoms in total. The number of nitrogens with zero attached hydrogens (tertiary/aromatic N) is 4. The van der Waals surface area contributed by atoms with Gasteiger partial charge in [-0.25, -0.2) is 9.97 Å². The second-order valence-corrected chi connectivity index (χ2v) is 5.40. The number of halogens is 1. The van der Waals surface area contributed by atoms with Crippen molar-refractivity contribution in [3.05, 3.63) is 33.8 Å². The van der Waals surface area contributed by atoms with E-state index in [9.17, 15) is 0 Å². The Morgan fingerprint density at radius 2 is 2.25 bits per heavy atom. The van der Waals surface area contributed by atoms with E-state index < -0.39 is 0 Å². The summed E-state index contributed by atoms with van der Waals surface area (Å²) in [5.41, 5.74) is 0. The largest absolute Gasteiger partial charge is 0.337 e. The zero-order valence-corrected chi connectivity index (χ0v) is 10.8. The standard InChI is InChI=1S/C10H13ClN4S/c1-14(6-8-5-13-10(11)16-8)7-9-12-3-4-15(9)2/h3-5H,6-7H2,1-2H3. The van der Waals surface area contributed by atoms with E-state index in [2.05, 4.69) is 21.9 Å². The van der Waals surface area contributed by atoms with E-state index >= 15 is 0 Å². The number of hydrogen-bond donors (Lipinski definition) is 0. The van der Waals surface area contributed by atoms with Crippen LogP contribution < -0.4 is 0 Å². The van der Waals surface area contributed by atoms with E-state index in [0.717, 1.165) is 18.9 Å². The number of rotatable bonds is 4. The van der Waals surface area contributed by atoms with Crippen molar-refractivity contribution in [2.24, 2.45) is 7.05 Å². The highest BCUT2D eigenvalue weighted by Gasteiger charge is 2.07. The summed E-state index contributed by atoms with van der Waals surface area (Å²) < 4.78 is 2.62. The Kier molecular flexibility index (Phi) is 3.58. The highest BCUT2D eigenvalue weighted by atomic mass is 35.5. The van der Waals surface area contributed by atoms with Gasteiger partial charge in [-0.3, -0.25) is 4.90 Å². The summed E-state index contributed by atoms with van der Waals surface area (Å²) in [5.74, 6) is 1.05. The first kappa shape index (κ1) is 11.6. The van der Waals surface area contributed by atoms with Crippen molar-refractivity contribution in [2.75, 3.05) is 7.05 Å². The van der Waals surface area contributed by atoms with Gasteiger partial charge >= 0.3 is 0 Å². The topological polar surface area (TPSA) is 34.0 Å². The monoisotopic (exact) mass is 256 g/mol. The first-order valence-corrected chi connectivity index (χ1v) is 6.09. The van der Waals surface area contributed by atoms with Crippen LogP contribution in [0.5, 0.6) is 0 Å². The number of thiazole rings is 1. The minimum absolute atomic E-state index is 0.598. The van der Waals surface area contributed by atoms with Crippen molar-refractivity contribution in [3.8, 4) is 0 Å². The van der Waals surface area contributed by atoms with Gasteiger partial charge in [0, 0.05) is 37.1 Å². The minimum atomic E-state index is 0.598. The van der Waals surface area contributed by atoms with Gasteiger partial charge in [0.15, 0.2) is 4.47 Å². The predicted molar refractivity (Wildman–Crippen MR) is 65.5 cm³/mol. The summed E-state index contributed by atoms with van der Waals surface area (Å²) in [4.78, 5) is 11.7. The summed E-state index contributed by atoms with van der Waals surface area (Å²) in [7, 11) is 4.06. The number of hydrogen-bond acceptors (Lipinski definition) is 4. The molecule has 0 atom stereocenters. The highest BCUT2D eigenvalue weighted by Crippen LogP contribution is 2.19. The second kappa shape index (κ2) is 4.95. The molecule has 0 unspecified atom stereocenters. The zero-order valence-electron chi connectivity index (χ0n) is 9.22. The molecule has 0 saturated heterocycles. The van der Waals surface area contributed by atoms with Gasteiger partial charge < -0.3 is 4.57 Å². The molecule has 0 bridgehead atoms. The average molecular weight is 257 g/mol. The van der Waals surface area contributed by atoms with E-state index in [4.69, 9.17) is 11.6 Å². The molecule has 0 amide bonds. The fraction of sp³-hybridized carbons (Fsp3) is 0.400. The molecule has 6 heteroatoms. The number of aromatic nitrogens is 3. The van der Waals surface area contributed by atoms with E-state index in [-0.39, 0.29) is 0 Å². The normalized spacial score (nSPS) is 11.2. The van der Waals surface area contributed by atoms with Crippen LogP contribution in [0, 0.1) is 0 Å². The van der Waals surface area contributed by atoms with Crippen LogP contribution in [-0.2, 0) is 20.1 Å². The molecule has 86 valence electrons. The Morgan fingerprint density at radius 1 is 1.44 bits per heavy atom. The molecule has 2 heterocycles. The molecule has 0 saturated carbocycles. The molecule has 0 radical (unpaired) electrons. The van der Waals surface area contributed by atoms with Gasteiger partial charge in [-0.2, -0.15) is 0 Å². The van der Waals surface area contributed by atoms with Gasteiger partial charge in [-0.05, 0) is 7.05 Å². The van der Waals surface area contributed by atoms with Gasteiger partial charge in [0.05, 0.1) is 6.54 Å². The summed E-state index contributed by atoms with van der Waals surface area (Å²) in [6, 6.07) is 0. The van der Waals surface area contributed by atoms with Gasteiger partial charge in [0.25, 0.3) is 0 Å². The summed E-state index contributed by atoms with van der Waals surface area (Å²) in [6.07, 6.45) is 5.58. The minimum Gasteiger partial charge on any atom is -0.337 e. The van der Waals surface area contributed by atoms with Crippen LogP contribution in [0.2, 0.25) is 4.47 Å². The van der Waals surface area contributed by atoms with Crippen LogP contribution in [0.3, 0.4) is 0 Å². The fourth-order valence-electron chi connectivity index (χ4n) is 1.47. The van der Waals surface area contributed by atoms with Crippen LogP contribution in [0.4, 0.5) is 0 Å². The lowest BCUT2D eigenvalue weighted by atomic mass is 10.4. The summed E-state index contributed by atoms with van der Waals surface area (Å²) in [5, 5.41) is 0. The number of aryl methyl sites for hydroxylation is 1. The summed E-state index contributed by atoms with van der Waals surface area (Å²) >= 11 is 7.30. The van der Waals surface area contributed by atoms with Gasteiger partial charge in [-0.15, -0.1) is 11.3 Å². The van der Waals surface area contributed by atoms with Crippen molar-refractivity contribution >= 4 is 22.9 Å². The molecule has 0 aliphatic carbocycles. The maximum absolute atomic E-state index is 5.78. The first-order valence-electron chi connectivity index (χ1n) is 4.90. The molecule has 0 spiro atoms. The number of imidazole rings is 1. The molecule has 0 aromatic carbocycles. The lowest BCUT2D eigenvalue weighted by Crippen LogP contribution is -2.18. The lowest BCUT2D eigenvalue weighted by molar-refractivity contribution is 0.309. The third-order valence-electron chi connectivity index (χ3n) is 2.28. The Hall–Kier alpha value is -0.910. The van der Waals surface area contributed by atoms with Crippen molar-refractivity contribution in [2.45, 2.75) is 13.1 Å². The van der Waals surface area contributed by atoms with E-state index in [1.165, 1.54) is 16.2 Å². The Balaban J connectivity index is 1.94. The lowest BCUT2D eigenvalue weighted by Gasteiger charge is -2.14. The van der Waals surface area contributed by atoms with Crippen LogP contribution in [0.1, 0.15) is 10.7 Å². The fourth-order valence-corrected chi connectivity index (χ4v) is 2.53. The van der Waals surface area contributed by atoms with Crippen LogP contribution in [-0.4, -0.2) is 26.5 Å². The molecule has 0 fully saturated rings. The molecular formula is C10H13ClN4S. The van der Waals surface area contributed by atoms with Crippen molar-refractivity contribution in [3.63, 3.8) is 0 Å². The third kappa shape index (κ3) is 2.81. The average Bonchev–Trinajstić information content (AvgIpc) is 2.77. The SMILES string of the molecule is CN(Cc1cnc(Cl)s1)Cc1nccn1C. The van der Waals surface area contributed by atoms with E-state index in [1.807, 2.05) is 30.2 Å². The van der Waals surface area contributed by atoms with E-state index in [0.29, 0.717) is 4.47 Å². The Labute approximate surface area is 104 Å². The first-order chi connectivity index (χ1) is 7.65. The Bertz CT molecular complexity index is 465. The molecule has 16 heavy (non-hydrogen) atoms. The van der Waals surface area contributed by atoms with Crippen LogP contribution in [0.15, 0.2) is 18.6 Å². The second-order valence-electron chi connectivity index (χ2n) is 3.71. The molecule has 0 N–H and O–H groups in total. The molecule has 2 rings (SSSR count). The van der Waals surface area contributed by atoms with Crippen molar-refractivity contribution in [1.29, 1.82) is 0 Å². The van der Waals surface area contributed by atoms with Crippen molar-refractivity contribution < 1.29 is 0 Å². The zero-order chi connectivity index (χ0) is 11.5. The quantitative estimate of drug-likeness (QED) is 0.841. The van der Waals surface area contributed by atoms with Gasteiger partial charge in [0.2, 0.25) is 0 Å². The molecular weight excluding hydrogens is 244 g/mol. The smallest absolute Gasteiger partial charge is 0.183 e. The van der Waals surface area contributed by atoms with Crippen LogP contribution >= 0.6 is 22.9 Å². The predicted octanol–water partition coefficient (Wildman–Crippen LogP) is 2.16. The highest BCUT2D eigenvalue weighted by molar-refractivity contribution is 7.15. The maximum atomic E-state index is 5.78. The molecule has 2 aromatic heterocycles. The van der Waals surface area contributed by atoms with Crippen molar-refractivity contribution in [1.82, 2.24) is 19.4 Å². The summed E-state index contributed by atoms with van der Waals surface area (Å²) in [6.45, 7) is 1.66. The molecule has 2 aromatic rings. The Morgan fingerprint density at radius 3 is 2.81 bits per heavy atom. The maximum Gasteiger partial charge on any atom is 0.183 e. The molecule has 0 aliphatic rings. The van der Waals surface area contributed by atoms with E-state index in [1.54, 1.807) is 0 Å².